The molecule has 0 heterocycles. The Bertz CT molecular complexity index is 395. The molecule has 5 nitrogen and oxygen atoms in total. The molecule has 1 aromatic rings. The second kappa shape index (κ2) is 4.01. The molecule has 0 aliphatic heterocycles. The maximum absolute atomic E-state index is 12.9. The molecule has 0 amide bonds. The molecule has 0 saturated heterocycles. The first kappa shape index (κ1) is 10.4. The first-order valence-corrected chi connectivity index (χ1v) is 3.70. The van der Waals surface area contributed by atoms with Crippen LogP contribution in [0.2, 0.25) is 0 Å². The molecule has 0 spiro atoms. The van der Waals surface area contributed by atoms with Crippen molar-refractivity contribution in [2.75, 3.05) is 0 Å². The van der Waals surface area contributed by atoms with Crippen LogP contribution >= 0.6 is 11.6 Å². The highest BCUT2D eigenvalue weighted by molar-refractivity contribution is 6.61. The first-order chi connectivity index (χ1) is 6.50. The largest absolute Gasteiger partial charge is 0.411 e. The van der Waals surface area contributed by atoms with E-state index in [9.17, 15) is 19.3 Å². The Morgan fingerprint density at radius 3 is 2.64 bits per heavy atom. The van der Waals surface area contributed by atoms with E-state index in [1.807, 2.05) is 0 Å². The zero-order valence-corrected chi connectivity index (χ0v) is 7.32. The van der Waals surface area contributed by atoms with Gasteiger partial charge in [-0.25, -0.2) is 9.18 Å². The summed E-state index contributed by atoms with van der Waals surface area (Å²) in [4.78, 5) is 19.7. The summed E-state index contributed by atoms with van der Waals surface area (Å²) < 4.78 is 17.1. The van der Waals surface area contributed by atoms with Crippen LogP contribution in [0.5, 0.6) is 5.75 Å². The number of benzene rings is 1. The number of carbonyl (C=O) groups excluding carboxylic acids is 1. The zero-order valence-electron chi connectivity index (χ0n) is 6.57. The number of carbonyl (C=O) groups is 1. The van der Waals surface area contributed by atoms with Crippen LogP contribution in [0.4, 0.5) is 14.9 Å². The molecule has 0 aromatic heterocycles. The highest BCUT2D eigenvalue weighted by Gasteiger charge is 2.13. The monoisotopic (exact) mass is 219 g/mol. The standard InChI is InChI=1S/C7H3ClFNO4/c8-7(11)14-6-2-1-4(10(12)13)3-5(6)9/h1-3H. The van der Waals surface area contributed by atoms with Crippen LogP contribution in [-0.4, -0.2) is 10.4 Å². The molecule has 0 fully saturated rings. The van der Waals surface area contributed by atoms with Crippen molar-refractivity contribution < 1.29 is 18.8 Å². The Balaban J connectivity index is 3.01. The van der Waals surface area contributed by atoms with E-state index >= 15 is 0 Å². The second-order valence-electron chi connectivity index (χ2n) is 2.21. The van der Waals surface area contributed by atoms with Crippen molar-refractivity contribution in [2.24, 2.45) is 0 Å². The average Bonchev–Trinajstić information content (AvgIpc) is 2.07. The van der Waals surface area contributed by atoms with Gasteiger partial charge in [0.1, 0.15) is 0 Å². The number of non-ortho nitro benzene ring substituents is 1. The van der Waals surface area contributed by atoms with Crippen LogP contribution < -0.4 is 4.74 Å². The summed E-state index contributed by atoms with van der Waals surface area (Å²) in [6.07, 6.45) is 0. The molecule has 0 bridgehead atoms. The van der Waals surface area contributed by atoms with Gasteiger partial charge in [0.25, 0.3) is 5.69 Å². The maximum Gasteiger partial charge on any atom is 0.409 e. The number of nitro benzene ring substituents is 1. The van der Waals surface area contributed by atoms with E-state index in [2.05, 4.69) is 4.74 Å². The van der Waals surface area contributed by atoms with Gasteiger partial charge >= 0.3 is 5.43 Å². The van der Waals surface area contributed by atoms with Crippen LogP contribution in [0.25, 0.3) is 0 Å². The number of rotatable bonds is 2. The van der Waals surface area contributed by atoms with Crippen LogP contribution in [0, 0.1) is 15.9 Å². The Kier molecular flexibility index (Phi) is 2.98. The van der Waals surface area contributed by atoms with Gasteiger partial charge in [-0.05, 0) is 6.07 Å². The molecular formula is C7H3ClFNO4. The molecule has 0 aliphatic carbocycles. The average molecular weight is 220 g/mol. The maximum atomic E-state index is 12.9. The van der Waals surface area contributed by atoms with Crippen LogP contribution in [0.1, 0.15) is 0 Å². The molecule has 0 N–H and O–H groups in total. The molecular weight excluding hydrogens is 217 g/mol. The second-order valence-corrected chi connectivity index (χ2v) is 2.52. The Labute approximate surface area is 82.2 Å². The summed E-state index contributed by atoms with van der Waals surface area (Å²) in [6, 6.07) is 2.58. The predicted molar refractivity (Wildman–Crippen MR) is 44.9 cm³/mol. The van der Waals surface area contributed by atoms with Gasteiger partial charge in [0.2, 0.25) is 0 Å². The molecule has 0 aliphatic rings. The molecule has 0 atom stereocenters. The number of hydrogen-bond donors (Lipinski definition) is 0. The third kappa shape index (κ3) is 2.40. The van der Waals surface area contributed by atoms with Crippen molar-refractivity contribution in [3.63, 3.8) is 0 Å². The number of nitro groups is 1. The van der Waals surface area contributed by atoms with Gasteiger partial charge in [-0.2, -0.15) is 0 Å². The van der Waals surface area contributed by atoms with Crippen molar-refractivity contribution in [3.8, 4) is 5.75 Å². The fourth-order valence-corrected chi connectivity index (χ4v) is 0.856. The number of nitrogens with zero attached hydrogens (tertiary/aromatic N) is 1. The number of halogens is 2. The zero-order chi connectivity index (χ0) is 10.7. The molecule has 1 aromatic carbocycles. The quantitative estimate of drug-likeness (QED) is 0.435. The molecule has 0 saturated carbocycles. The summed E-state index contributed by atoms with van der Waals surface area (Å²) in [5.74, 6) is -1.47. The van der Waals surface area contributed by atoms with E-state index in [1.165, 1.54) is 0 Å². The van der Waals surface area contributed by atoms with E-state index in [4.69, 9.17) is 11.6 Å². The molecule has 14 heavy (non-hydrogen) atoms. The topological polar surface area (TPSA) is 69.4 Å². The Morgan fingerprint density at radius 2 is 2.21 bits per heavy atom. The summed E-state index contributed by atoms with van der Waals surface area (Å²) in [5, 5.41) is 10.2. The van der Waals surface area contributed by atoms with E-state index in [0.29, 0.717) is 6.07 Å². The lowest BCUT2D eigenvalue weighted by molar-refractivity contribution is -0.385. The normalized spacial score (nSPS) is 9.57. The van der Waals surface area contributed by atoms with Crippen molar-refractivity contribution in [1.29, 1.82) is 0 Å². The van der Waals surface area contributed by atoms with E-state index in [1.54, 1.807) is 0 Å². The molecule has 0 radical (unpaired) electrons. The minimum Gasteiger partial charge on any atom is -0.411 e. The Hall–Kier alpha value is -1.69. The SMILES string of the molecule is O=C(Cl)Oc1ccc([N+](=O)[O-])cc1F. The van der Waals surface area contributed by atoms with Crippen LogP contribution in [0.3, 0.4) is 0 Å². The van der Waals surface area contributed by atoms with Gasteiger partial charge < -0.3 is 4.74 Å². The van der Waals surface area contributed by atoms with Gasteiger partial charge in [0.05, 0.1) is 11.0 Å². The van der Waals surface area contributed by atoms with Gasteiger partial charge in [-0.1, -0.05) is 0 Å². The van der Waals surface area contributed by atoms with Crippen molar-refractivity contribution in [3.05, 3.63) is 34.1 Å². The number of ether oxygens (including phenoxy) is 1. The number of hydrogen-bond acceptors (Lipinski definition) is 4. The van der Waals surface area contributed by atoms with Gasteiger partial charge in [-0.15, -0.1) is 0 Å². The van der Waals surface area contributed by atoms with Crippen molar-refractivity contribution in [2.45, 2.75) is 0 Å². The fraction of sp³-hybridized carbons (Fsp3) is 0. The fourth-order valence-electron chi connectivity index (χ4n) is 0.773. The van der Waals surface area contributed by atoms with Crippen LogP contribution in [0.15, 0.2) is 18.2 Å². The minimum atomic E-state index is -1.21. The van der Waals surface area contributed by atoms with Gasteiger partial charge in [-0.3, -0.25) is 10.1 Å². The lowest BCUT2D eigenvalue weighted by Gasteiger charge is -2.00. The van der Waals surface area contributed by atoms with Gasteiger partial charge in [0.15, 0.2) is 11.6 Å². The smallest absolute Gasteiger partial charge is 0.409 e. The van der Waals surface area contributed by atoms with Crippen LogP contribution in [-0.2, 0) is 0 Å². The summed E-state index contributed by atoms with van der Waals surface area (Å²) in [7, 11) is 0. The summed E-state index contributed by atoms with van der Waals surface area (Å²) >= 11 is 4.82. The lowest BCUT2D eigenvalue weighted by atomic mass is 10.3. The highest BCUT2D eigenvalue weighted by atomic mass is 35.5. The first-order valence-electron chi connectivity index (χ1n) is 3.32. The molecule has 7 heteroatoms. The molecule has 1 rings (SSSR count). The van der Waals surface area contributed by atoms with Crippen molar-refractivity contribution in [1.82, 2.24) is 0 Å². The van der Waals surface area contributed by atoms with E-state index < -0.39 is 27.6 Å². The molecule has 0 unspecified atom stereocenters. The third-order valence-electron chi connectivity index (χ3n) is 1.32. The lowest BCUT2D eigenvalue weighted by Crippen LogP contribution is -1.99. The Morgan fingerprint density at radius 1 is 1.57 bits per heavy atom. The highest BCUT2D eigenvalue weighted by Crippen LogP contribution is 2.22. The van der Waals surface area contributed by atoms with Gasteiger partial charge in [0, 0.05) is 17.7 Å². The third-order valence-corrected chi connectivity index (χ3v) is 1.39. The van der Waals surface area contributed by atoms with E-state index in [-0.39, 0.29) is 0 Å². The summed E-state index contributed by atoms with van der Waals surface area (Å²) in [6.45, 7) is 0. The molecule has 74 valence electrons. The predicted octanol–water partition coefficient (Wildman–Crippen LogP) is 2.47. The van der Waals surface area contributed by atoms with E-state index in [0.717, 1.165) is 12.1 Å². The summed E-state index contributed by atoms with van der Waals surface area (Å²) in [5.41, 5.74) is -1.64. The minimum absolute atomic E-state index is 0.433. The van der Waals surface area contributed by atoms with Crippen molar-refractivity contribution >= 4 is 22.7 Å².